The maximum Gasteiger partial charge on any atom is 0.330 e. The Hall–Kier alpha value is -1.46. The molecule has 1 atom stereocenters. The van der Waals surface area contributed by atoms with Crippen molar-refractivity contribution in [3.8, 4) is 0 Å². The van der Waals surface area contributed by atoms with E-state index in [1.807, 2.05) is 33.0 Å². The maximum atomic E-state index is 11.9. The van der Waals surface area contributed by atoms with E-state index in [9.17, 15) is 4.79 Å². The highest BCUT2D eigenvalue weighted by atomic mass is 16.7. The third kappa shape index (κ3) is 4.51. The van der Waals surface area contributed by atoms with Gasteiger partial charge in [-0.3, -0.25) is 9.88 Å². The molecule has 1 unspecified atom stereocenters. The number of carbonyl (C=O) groups is 1. The number of hydrogen-bond acceptors (Lipinski definition) is 5. The van der Waals surface area contributed by atoms with Crippen LogP contribution in [0, 0.1) is 5.41 Å². The zero-order chi connectivity index (χ0) is 15.5. The van der Waals surface area contributed by atoms with Gasteiger partial charge in [0.15, 0.2) is 0 Å². The molecule has 1 aliphatic heterocycles. The van der Waals surface area contributed by atoms with Crippen LogP contribution in [0.15, 0.2) is 24.5 Å². The minimum absolute atomic E-state index is 0.171. The fourth-order valence-electron chi connectivity index (χ4n) is 2.26. The molecule has 1 aromatic heterocycles. The van der Waals surface area contributed by atoms with Crippen molar-refractivity contribution in [2.75, 3.05) is 19.6 Å². The lowest BCUT2D eigenvalue weighted by Gasteiger charge is -2.39. The van der Waals surface area contributed by atoms with Gasteiger partial charge in [-0.25, -0.2) is 4.79 Å². The molecule has 5 heteroatoms. The van der Waals surface area contributed by atoms with Gasteiger partial charge in [-0.1, -0.05) is 6.07 Å². The first-order chi connectivity index (χ1) is 9.86. The summed E-state index contributed by atoms with van der Waals surface area (Å²) in [6.45, 7) is 11.0. The van der Waals surface area contributed by atoms with Crippen molar-refractivity contribution in [3.05, 3.63) is 30.1 Å². The number of hydroxylamine groups is 2. The molecule has 0 aliphatic carbocycles. The Labute approximate surface area is 126 Å². The van der Waals surface area contributed by atoms with Gasteiger partial charge < -0.3 is 4.84 Å². The highest BCUT2D eigenvalue weighted by molar-refractivity contribution is 5.75. The topological polar surface area (TPSA) is 45.7 Å². The number of aromatic nitrogens is 1. The van der Waals surface area contributed by atoms with Gasteiger partial charge in [0, 0.05) is 38.1 Å². The molecule has 2 rings (SSSR count). The van der Waals surface area contributed by atoms with Crippen LogP contribution in [0.4, 0.5) is 0 Å². The summed E-state index contributed by atoms with van der Waals surface area (Å²) >= 11 is 0. The number of carbonyl (C=O) groups excluding carboxylic acids is 1. The van der Waals surface area contributed by atoms with E-state index in [0.717, 1.165) is 26.2 Å². The zero-order valence-electron chi connectivity index (χ0n) is 13.4. The molecule has 0 radical (unpaired) electrons. The van der Waals surface area contributed by atoms with Gasteiger partial charge >= 0.3 is 5.97 Å². The van der Waals surface area contributed by atoms with Gasteiger partial charge in [0.2, 0.25) is 0 Å². The van der Waals surface area contributed by atoms with Crippen LogP contribution in [0.25, 0.3) is 0 Å². The van der Waals surface area contributed by atoms with Crippen LogP contribution >= 0.6 is 0 Å². The third-order valence-corrected chi connectivity index (χ3v) is 3.66. The van der Waals surface area contributed by atoms with E-state index in [4.69, 9.17) is 4.84 Å². The fourth-order valence-corrected chi connectivity index (χ4v) is 2.26. The van der Waals surface area contributed by atoms with Crippen LogP contribution < -0.4 is 0 Å². The minimum Gasteiger partial charge on any atom is -0.367 e. The first-order valence-corrected chi connectivity index (χ1v) is 7.46. The van der Waals surface area contributed by atoms with E-state index in [2.05, 4.69) is 22.9 Å². The van der Waals surface area contributed by atoms with Crippen molar-refractivity contribution < 1.29 is 9.63 Å². The Morgan fingerprint density at radius 3 is 2.76 bits per heavy atom. The molecule has 0 saturated carbocycles. The molecule has 1 saturated heterocycles. The average molecular weight is 291 g/mol. The van der Waals surface area contributed by atoms with E-state index >= 15 is 0 Å². The zero-order valence-corrected chi connectivity index (χ0v) is 13.4. The van der Waals surface area contributed by atoms with Crippen LogP contribution in [0.5, 0.6) is 0 Å². The average Bonchev–Trinajstić information content (AvgIpc) is 2.42. The van der Waals surface area contributed by atoms with Crippen molar-refractivity contribution in [1.82, 2.24) is 14.9 Å². The second-order valence-corrected chi connectivity index (χ2v) is 6.70. The number of pyridine rings is 1. The second-order valence-electron chi connectivity index (χ2n) is 6.70. The molecular formula is C16H25N3O2. The summed E-state index contributed by atoms with van der Waals surface area (Å²) in [4.78, 5) is 23.9. The van der Waals surface area contributed by atoms with Crippen molar-refractivity contribution in [1.29, 1.82) is 0 Å². The predicted molar refractivity (Wildman–Crippen MR) is 81.2 cm³/mol. The van der Waals surface area contributed by atoms with Gasteiger partial charge in [-0.05, 0) is 39.3 Å². The van der Waals surface area contributed by atoms with Crippen LogP contribution in [0.1, 0.15) is 33.3 Å². The third-order valence-electron chi connectivity index (χ3n) is 3.66. The highest BCUT2D eigenvalue weighted by Gasteiger charge is 2.30. The lowest BCUT2D eigenvalue weighted by molar-refractivity contribution is -0.211. The lowest BCUT2D eigenvalue weighted by atomic mass is 9.98. The normalized spacial score (nSPS) is 21.2. The molecule has 1 aromatic rings. The Balaban J connectivity index is 1.86. The van der Waals surface area contributed by atoms with E-state index in [1.54, 1.807) is 11.3 Å². The van der Waals surface area contributed by atoms with E-state index in [-0.39, 0.29) is 5.97 Å². The summed E-state index contributed by atoms with van der Waals surface area (Å²) in [5.41, 5.74) is 0.750. The summed E-state index contributed by atoms with van der Waals surface area (Å²) in [6, 6.07) is 4.39. The maximum absolute atomic E-state index is 11.9. The fraction of sp³-hybridized carbons (Fsp3) is 0.625. The van der Waals surface area contributed by atoms with Gasteiger partial charge in [-0.2, -0.15) is 0 Å². The molecule has 0 amide bonds. The molecular weight excluding hydrogens is 266 g/mol. The number of nitrogens with zero attached hydrogens (tertiary/aromatic N) is 3. The second kappa shape index (κ2) is 6.54. The number of piperazine rings is 1. The monoisotopic (exact) mass is 291 g/mol. The SMILES string of the molecule is CC1CN(OC(=O)C(C)(C)C)CCN1Cc1cccnc1. The van der Waals surface area contributed by atoms with E-state index in [1.165, 1.54) is 5.56 Å². The Morgan fingerprint density at radius 1 is 1.43 bits per heavy atom. The van der Waals surface area contributed by atoms with E-state index in [0.29, 0.717) is 6.04 Å². The molecule has 1 fully saturated rings. The molecule has 116 valence electrons. The number of hydrogen-bond donors (Lipinski definition) is 0. The quantitative estimate of drug-likeness (QED) is 0.853. The van der Waals surface area contributed by atoms with Crippen LogP contribution in [0.3, 0.4) is 0 Å². The molecule has 21 heavy (non-hydrogen) atoms. The summed E-state index contributed by atoms with van der Waals surface area (Å²) in [5, 5.41) is 1.79. The number of rotatable bonds is 3. The Bertz CT molecular complexity index is 470. The summed E-state index contributed by atoms with van der Waals surface area (Å²) < 4.78 is 0. The molecule has 5 nitrogen and oxygen atoms in total. The van der Waals surface area contributed by atoms with Gasteiger partial charge in [0.1, 0.15) is 0 Å². The van der Waals surface area contributed by atoms with Crippen molar-refractivity contribution in [2.24, 2.45) is 5.41 Å². The summed E-state index contributed by atoms with van der Waals surface area (Å²) in [6.07, 6.45) is 3.69. The lowest BCUT2D eigenvalue weighted by Crippen LogP contribution is -2.52. The van der Waals surface area contributed by atoms with Crippen molar-refractivity contribution in [3.63, 3.8) is 0 Å². The first kappa shape index (κ1) is 15.9. The van der Waals surface area contributed by atoms with Crippen LogP contribution in [0.2, 0.25) is 0 Å². The van der Waals surface area contributed by atoms with Gasteiger partial charge in [-0.15, -0.1) is 5.06 Å². The molecule has 2 heterocycles. The van der Waals surface area contributed by atoms with Crippen LogP contribution in [-0.2, 0) is 16.2 Å². The molecule has 0 aromatic carbocycles. The van der Waals surface area contributed by atoms with E-state index < -0.39 is 5.41 Å². The molecule has 1 aliphatic rings. The smallest absolute Gasteiger partial charge is 0.330 e. The standard InChI is InChI=1S/C16H25N3O2/c1-13-11-19(21-15(20)16(2,3)4)9-8-18(13)12-14-6-5-7-17-10-14/h5-7,10,13H,8-9,11-12H2,1-4H3. The summed E-state index contributed by atoms with van der Waals surface area (Å²) in [5.74, 6) is -0.171. The molecule has 0 N–H and O–H groups in total. The minimum atomic E-state index is -0.462. The van der Waals surface area contributed by atoms with Gasteiger partial charge in [0.05, 0.1) is 12.0 Å². The van der Waals surface area contributed by atoms with Crippen LogP contribution in [-0.4, -0.2) is 46.6 Å². The Kier molecular flexibility index (Phi) is 4.96. The van der Waals surface area contributed by atoms with Crippen molar-refractivity contribution >= 4 is 5.97 Å². The van der Waals surface area contributed by atoms with Gasteiger partial charge in [0.25, 0.3) is 0 Å². The highest BCUT2D eigenvalue weighted by Crippen LogP contribution is 2.19. The molecule has 0 spiro atoms. The predicted octanol–water partition coefficient (Wildman–Crippen LogP) is 2.09. The van der Waals surface area contributed by atoms with Crippen molar-refractivity contribution in [2.45, 2.75) is 40.3 Å². The first-order valence-electron chi connectivity index (χ1n) is 7.46. The summed E-state index contributed by atoms with van der Waals surface area (Å²) in [7, 11) is 0. The largest absolute Gasteiger partial charge is 0.367 e. The Morgan fingerprint density at radius 2 is 2.19 bits per heavy atom. The molecule has 0 bridgehead atoms.